The monoisotopic (exact) mass is 279 g/mol. The Hall–Kier alpha value is -0.960. The summed E-state index contributed by atoms with van der Waals surface area (Å²) < 4.78 is 28.6. The van der Waals surface area contributed by atoms with Crippen molar-refractivity contribution in [2.45, 2.75) is 45.6 Å². The lowest BCUT2D eigenvalue weighted by atomic mass is 9.94. The molecule has 1 aromatic carbocycles. The van der Waals surface area contributed by atoms with Gasteiger partial charge in [-0.15, -0.1) is 0 Å². The van der Waals surface area contributed by atoms with Crippen molar-refractivity contribution in [2.75, 3.05) is 6.54 Å². The average Bonchev–Trinajstić information content (AvgIpc) is 2.90. The topological polar surface area (TPSA) is 12.0 Å². The summed E-state index contributed by atoms with van der Waals surface area (Å²) in [4.78, 5) is 0. The Morgan fingerprint density at radius 3 is 2.60 bits per heavy atom. The summed E-state index contributed by atoms with van der Waals surface area (Å²) in [5, 5.41) is 3.41. The Labute approximate surface area is 119 Å². The van der Waals surface area contributed by atoms with Crippen LogP contribution in [0.4, 0.5) is 8.78 Å². The molecule has 0 bridgehead atoms. The summed E-state index contributed by atoms with van der Waals surface area (Å²) in [6.07, 6.45) is 4.72. The number of benzene rings is 1. The fourth-order valence-corrected chi connectivity index (χ4v) is 4.07. The van der Waals surface area contributed by atoms with E-state index in [0.717, 1.165) is 13.0 Å². The number of fused-ring (bicyclic) bond motifs is 1. The van der Waals surface area contributed by atoms with Crippen LogP contribution < -0.4 is 5.32 Å². The summed E-state index contributed by atoms with van der Waals surface area (Å²) in [5.74, 6) is 1.05. The van der Waals surface area contributed by atoms with Crippen LogP contribution >= 0.6 is 0 Å². The molecule has 0 aromatic heterocycles. The molecule has 0 heterocycles. The Kier molecular flexibility index (Phi) is 3.80. The second-order valence-corrected chi connectivity index (χ2v) is 6.36. The van der Waals surface area contributed by atoms with Crippen molar-refractivity contribution in [3.63, 3.8) is 0 Å². The van der Waals surface area contributed by atoms with E-state index in [1.807, 2.05) is 0 Å². The van der Waals surface area contributed by atoms with Crippen LogP contribution in [0.1, 0.15) is 49.8 Å². The van der Waals surface area contributed by atoms with Gasteiger partial charge in [-0.05, 0) is 62.1 Å². The third kappa shape index (κ3) is 2.26. The summed E-state index contributed by atoms with van der Waals surface area (Å²) in [6.45, 7) is 4.61. The van der Waals surface area contributed by atoms with E-state index in [9.17, 15) is 8.78 Å². The minimum absolute atomic E-state index is 0.148. The third-order valence-corrected chi connectivity index (χ3v) is 5.10. The molecule has 1 nitrogen and oxygen atoms in total. The largest absolute Gasteiger partial charge is 0.309 e. The first-order valence-electron chi connectivity index (χ1n) is 7.83. The highest BCUT2D eigenvalue weighted by Gasteiger charge is 2.56. The molecule has 0 radical (unpaired) electrons. The van der Waals surface area contributed by atoms with E-state index >= 15 is 0 Å². The molecule has 110 valence electrons. The number of hydrogen-bond donors (Lipinski definition) is 1. The SMILES string of the molecule is CCCNC(c1c(F)ccc(C)c1F)C1C2CCCC21. The molecule has 1 N–H and O–H groups in total. The van der Waals surface area contributed by atoms with Gasteiger partial charge in [0.05, 0.1) is 0 Å². The molecule has 0 spiro atoms. The maximum absolute atomic E-state index is 14.4. The summed E-state index contributed by atoms with van der Waals surface area (Å²) in [6, 6.07) is 2.79. The number of nitrogens with one attached hydrogen (secondary N) is 1. The highest BCUT2D eigenvalue weighted by molar-refractivity contribution is 5.31. The van der Waals surface area contributed by atoms with Gasteiger partial charge >= 0.3 is 0 Å². The molecule has 3 atom stereocenters. The van der Waals surface area contributed by atoms with Crippen molar-refractivity contribution in [3.05, 3.63) is 34.9 Å². The van der Waals surface area contributed by atoms with Crippen LogP contribution in [-0.2, 0) is 0 Å². The van der Waals surface area contributed by atoms with Crippen LogP contribution in [0.2, 0.25) is 0 Å². The van der Waals surface area contributed by atoms with Gasteiger partial charge in [0.15, 0.2) is 0 Å². The lowest BCUT2D eigenvalue weighted by Gasteiger charge is -2.22. The van der Waals surface area contributed by atoms with E-state index in [-0.39, 0.29) is 17.4 Å². The first kappa shape index (κ1) is 14.0. The molecule has 2 saturated carbocycles. The molecule has 20 heavy (non-hydrogen) atoms. The standard InChI is InChI=1S/C17H23F2N/c1-3-9-20-17(14-11-5-4-6-12(11)14)15-13(18)8-7-10(2)16(15)19/h7-8,11-12,14,17,20H,3-6,9H2,1-2H3. The Morgan fingerprint density at radius 2 is 1.95 bits per heavy atom. The van der Waals surface area contributed by atoms with Crippen LogP contribution in [0.15, 0.2) is 12.1 Å². The van der Waals surface area contributed by atoms with Crippen molar-refractivity contribution in [2.24, 2.45) is 17.8 Å². The predicted octanol–water partition coefficient (Wildman–Crippen LogP) is 4.36. The van der Waals surface area contributed by atoms with Crippen LogP contribution in [0.25, 0.3) is 0 Å². The quantitative estimate of drug-likeness (QED) is 0.844. The second-order valence-electron chi connectivity index (χ2n) is 6.36. The van der Waals surface area contributed by atoms with Gasteiger partial charge in [0.2, 0.25) is 0 Å². The molecule has 2 aliphatic carbocycles. The maximum atomic E-state index is 14.4. The zero-order chi connectivity index (χ0) is 14.3. The van der Waals surface area contributed by atoms with E-state index in [2.05, 4.69) is 12.2 Å². The normalized spacial score (nSPS) is 29.3. The molecular weight excluding hydrogens is 256 g/mol. The number of halogens is 2. The van der Waals surface area contributed by atoms with E-state index < -0.39 is 5.82 Å². The molecule has 2 fully saturated rings. The van der Waals surface area contributed by atoms with Crippen LogP contribution in [0.3, 0.4) is 0 Å². The molecule has 0 saturated heterocycles. The van der Waals surface area contributed by atoms with Gasteiger partial charge in [-0.1, -0.05) is 19.4 Å². The average molecular weight is 279 g/mol. The maximum Gasteiger partial charge on any atom is 0.133 e. The smallest absolute Gasteiger partial charge is 0.133 e. The fraction of sp³-hybridized carbons (Fsp3) is 0.647. The lowest BCUT2D eigenvalue weighted by Crippen LogP contribution is -2.27. The van der Waals surface area contributed by atoms with E-state index in [1.54, 1.807) is 6.92 Å². The van der Waals surface area contributed by atoms with Crippen LogP contribution in [0.5, 0.6) is 0 Å². The molecule has 0 aliphatic heterocycles. The zero-order valence-electron chi connectivity index (χ0n) is 12.3. The third-order valence-electron chi connectivity index (χ3n) is 5.10. The van der Waals surface area contributed by atoms with Crippen molar-refractivity contribution < 1.29 is 8.78 Å². The number of aryl methyl sites for hydroxylation is 1. The Morgan fingerprint density at radius 1 is 1.25 bits per heavy atom. The molecule has 3 unspecified atom stereocenters. The van der Waals surface area contributed by atoms with Gasteiger partial charge in [0.1, 0.15) is 11.6 Å². The first-order chi connectivity index (χ1) is 9.65. The number of hydrogen-bond acceptors (Lipinski definition) is 1. The van der Waals surface area contributed by atoms with Crippen LogP contribution in [-0.4, -0.2) is 6.54 Å². The van der Waals surface area contributed by atoms with Crippen molar-refractivity contribution >= 4 is 0 Å². The Bertz CT molecular complexity index is 490. The predicted molar refractivity (Wildman–Crippen MR) is 76.5 cm³/mol. The molecule has 3 rings (SSSR count). The summed E-state index contributed by atoms with van der Waals surface area (Å²) >= 11 is 0. The lowest BCUT2D eigenvalue weighted by molar-refractivity contribution is 0.387. The molecule has 0 amide bonds. The van der Waals surface area contributed by atoms with Gasteiger partial charge in [0, 0.05) is 11.6 Å². The molecule has 3 heteroatoms. The van der Waals surface area contributed by atoms with Gasteiger partial charge in [-0.2, -0.15) is 0 Å². The van der Waals surface area contributed by atoms with Gasteiger partial charge in [-0.25, -0.2) is 8.78 Å². The van der Waals surface area contributed by atoms with Gasteiger partial charge in [0.25, 0.3) is 0 Å². The van der Waals surface area contributed by atoms with Crippen molar-refractivity contribution in [1.29, 1.82) is 0 Å². The number of rotatable bonds is 5. The summed E-state index contributed by atoms with van der Waals surface area (Å²) in [5.41, 5.74) is 0.813. The van der Waals surface area contributed by atoms with Crippen LogP contribution in [0, 0.1) is 36.3 Å². The van der Waals surface area contributed by atoms with Gasteiger partial charge < -0.3 is 5.32 Å². The first-order valence-corrected chi connectivity index (χ1v) is 7.83. The second kappa shape index (κ2) is 5.44. The highest BCUT2D eigenvalue weighted by atomic mass is 19.1. The van der Waals surface area contributed by atoms with Gasteiger partial charge in [-0.3, -0.25) is 0 Å². The molecule has 2 aliphatic rings. The Balaban J connectivity index is 1.91. The minimum Gasteiger partial charge on any atom is -0.309 e. The highest BCUT2D eigenvalue weighted by Crippen LogP contribution is 2.62. The van der Waals surface area contributed by atoms with E-state index in [4.69, 9.17) is 0 Å². The van der Waals surface area contributed by atoms with E-state index in [1.165, 1.54) is 31.4 Å². The molecular formula is C17H23F2N. The van der Waals surface area contributed by atoms with Crippen molar-refractivity contribution in [1.82, 2.24) is 5.32 Å². The van der Waals surface area contributed by atoms with Crippen molar-refractivity contribution in [3.8, 4) is 0 Å². The molecule has 1 aromatic rings. The fourth-order valence-electron chi connectivity index (χ4n) is 4.07. The zero-order valence-corrected chi connectivity index (χ0v) is 12.3. The summed E-state index contributed by atoms with van der Waals surface area (Å²) in [7, 11) is 0. The minimum atomic E-state index is -0.397. The van der Waals surface area contributed by atoms with E-state index in [0.29, 0.717) is 23.3 Å².